The molecule has 4 heteroatoms. The fraction of sp³-hybridized carbons (Fsp3) is 0.500. The first-order valence-corrected chi connectivity index (χ1v) is 8.39. The van der Waals surface area contributed by atoms with Gasteiger partial charge in [-0.1, -0.05) is 25.5 Å². The molecule has 1 aromatic carbocycles. The van der Waals surface area contributed by atoms with E-state index in [1.807, 2.05) is 12.3 Å². The molecule has 0 spiro atoms. The number of rotatable bonds is 5. The maximum atomic E-state index is 6.35. The monoisotopic (exact) mass is 298 g/mol. The van der Waals surface area contributed by atoms with Gasteiger partial charge in [0, 0.05) is 30.1 Å². The summed E-state index contributed by atoms with van der Waals surface area (Å²) in [6.45, 7) is 3.00. The van der Waals surface area contributed by atoms with E-state index in [4.69, 9.17) is 10.7 Å². The Morgan fingerprint density at radius 2 is 2.09 bits per heavy atom. The molecule has 2 aliphatic rings. The van der Waals surface area contributed by atoms with Gasteiger partial charge in [0.05, 0.1) is 17.4 Å². The van der Waals surface area contributed by atoms with Crippen LogP contribution < -0.4 is 16.4 Å². The molecule has 1 saturated carbocycles. The number of hydrogen-bond acceptors (Lipinski definition) is 4. The molecule has 0 saturated heterocycles. The Hall–Kier alpha value is -1.97. The van der Waals surface area contributed by atoms with Crippen LogP contribution in [0.4, 0.5) is 11.4 Å². The van der Waals surface area contributed by atoms with Crippen molar-refractivity contribution >= 4 is 17.6 Å². The lowest BCUT2D eigenvalue weighted by atomic mass is 9.93. The number of fused-ring (bicyclic) bond motifs is 1. The van der Waals surface area contributed by atoms with Gasteiger partial charge >= 0.3 is 0 Å². The summed E-state index contributed by atoms with van der Waals surface area (Å²) in [5, 5.41) is 7.10. The minimum Gasteiger partial charge on any atom is -0.402 e. The number of benzene rings is 1. The van der Waals surface area contributed by atoms with Crippen molar-refractivity contribution in [2.24, 2.45) is 10.7 Å². The molecule has 0 aromatic heterocycles. The second-order valence-electron chi connectivity index (χ2n) is 6.22. The van der Waals surface area contributed by atoms with Gasteiger partial charge in [0.1, 0.15) is 0 Å². The van der Waals surface area contributed by atoms with Gasteiger partial charge in [0.25, 0.3) is 0 Å². The highest BCUT2D eigenvalue weighted by Crippen LogP contribution is 2.28. The van der Waals surface area contributed by atoms with Gasteiger partial charge in [-0.3, -0.25) is 4.99 Å². The molecule has 1 aliphatic heterocycles. The lowest BCUT2D eigenvalue weighted by Gasteiger charge is -2.30. The first-order chi connectivity index (χ1) is 10.8. The number of nitrogens with two attached hydrogens (primary N) is 1. The van der Waals surface area contributed by atoms with Gasteiger partial charge in [-0.2, -0.15) is 0 Å². The second kappa shape index (κ2) is 6.86. The second-order valence-corrected chi connectivity index (χ2v) is 6.22. The zero-order valence-electron chi connectivity index (χ0n) is 13.3. The Kier molecular flexibility index (Phi) is 4.66. The molecule has 1 atom stereocenters. The van der Waals surface area contributed by atoms with Gasteiger partial charge in [0.15, 0.2) is 0 Å². The van der Waals surface area contributed by atoms with E-state index in [1.54, 1.807) is 0 Å². The number of nitrogens with one attached hydrogen (secondary N) is 2. The van der Waals surface area contributed by atoms with Crippen molar-refractivity contribution in [2.45, 2.75) is 51.1 Å². The summed E-state index contributed by atoms with van der Waals surface area (Å²) < 4.78 is 0. The third-order valence-electron chi connectivity index (χ3n) is 4.52. The van der Waals surface area contributed by atoms with Crippen LogP contribution in [0.15, 0.2) is 40.5 Å². The molecular formula is C18H26N4. The maximum absolute atomic E-state index is 6.35. The van der Waals surface area contributed by atoms with E-state index in [1.165, 1.54) is 19.3 Å². The molecule has 4 N–H and O–H groups in total. The highest BCUT2D eigenvalue weighted by molar-refractivity contribution is 5.84. The summed E-state index contributed by atoms with van der Waals surface area (Å²) in [7, 11) is 0. The Bertz CT molecular complexity index is 572. The van der Waals surface area contributed by atoms with Gasteiger partial charge in [0.2, 0.25) is 0 Å². The van der Waals surface area contributed by atoms with E-state index in [-0.39, 0.29) is 6.04 Å². The Morgan fingerprint density at radius 3 is 2.77 bits per heavy atom. The van der Waals surface area contributed by atoms with Crippen LogP contribution in [-0.4, -0.2) is 24.8 Å². The van der Waals surface area contributed by atoms with E-state index < -0.39 is 0 Å². The molecule has 22 heavy (non-hydrogen) atoms. The standard InChI is InChI=1S/C18H26N4/c1-2-6-15(19)14(11-20-13-7-5-8-13)18-12-21-16-9-3-4-10-17(16)22-18/h3-4,9-11,13,18,21-22H,2,5-8,12,19H2,1H3. The predicted molar refractivity (Wildman–Crippen MR) is 94.6 cm³/mol. The molecule has 4 nitrogen and oxygen atoms in total. The predicted octanol–water partition coefficient (Wildman–Crippen LogP) is 3.53. The van der Waals surface area contributed by atoms with Gasteiger partial charge in [-0.05, 0) is 37.8 Å². The normalized spacial score (nSPS) is 22.3. The van der Waals surface area contributed by atoms with Crippen LogP contribution in [0.2, 0.25) is 0 Å². The fourth-order valence-corrected chi connectivity index (χ4v) is 2.93. The van der Waals surface area contributed by atoms with Crippen molar-refractivity contribution in [1.82, 2.24) is 0 Å². The highest BCUT2D eigenvalue weighted by Gasteiger charge is 2.22. The maximum Gasteiger partial charge on any atom is 0.0718 e. The van der Waals surface area contributed by atoms with Crippen LogP contribution in [0.3, 0.4) is 0 Å². The Morgan fingerprint density at radius 1 is 1.32 bits per heavy atom. The molecule has 3 rings (SSSR count). The van der Waals surface area contributed by atoms with Crippen molar-refractivity contribution in [1.29, 1.82) is 0 Å². The molecule has 1 heterocycles. The zero-order chi connectivity index (χ0) is 15.4. The van der Waals surface area contributed by atoms with Crippen LogP contribution in [-0.2, 0) is 0 Å². The van der Waals surface area contributed by atoms with Crippen LogP contribution in [0.1, 0.15) is 39.0 Å². The average Bonchev–Trinajstić information content (AvgIpc) is 2.49. The minimum absolute atomic E-state index is 0.185. The third-order valence-corrected chi connectivity index (χ3v) is 4.52. The summed E-state index contributed by atoms with van der Waals surface area (Å²) in [5.74, 6) is 0. The quantitative estimate of drug-likeness (QED) is 0.729. The molecule has 0 radical (unpaired) electrons. The van der Waals surface area contributed by atoms with Crippen molar-refractivity contribution < 1.29 is 0 Å². The summed E-state index contributed by atoms with van der Waals surface area (Å²) in [6, 6.07) is 8.99. The summed E-state index contributed by atoms with van der Waals surface area (Å²) in [4.78, 5) is 4.73. The summed E-state index contributed by atoms with van der Waals surface area (Å²) in [5.41, 5.74) is 10.7. The smallest absolute Gasteiger partial charge is 0.0718 e. The topological polar surface area (TPSA) is 62.4 Å². The van der Waals surface area contributed by atoms with Crippen molar-refractivity contribution in [3.05, 3.63) is 35.5 Å². The SMILES string of the molecule is CCCC(N)=C(C=NC1CCC1)C1CNc2ccccc2N1. The van der Waals surface area contributed by atoms with Crippen molar-refractivity contribution in [2.75, 3.05) is 17.2 Å². The largest absolute Gasteiger partial charge is 0.402 e. The molecule has 118 valence electrons. The number of nitrogens with zero attached hydrogens (tertiary/aromatic N) is 1. The van der Waals surface area contributed by atoms with E-state index in [0.717, 1.165) is 42.0 Å². The van der Waals surface area contributed by atoms with Crippen LogP contribution in [0.5, 0.6) is 0 Å². The summed E-state index contributed by atoms with van der Waals surface area (Å²) >= 11 is 0. The molecular weight excluding hydrogens is 272 g/mol. The third kappa shape index (κ3) is 3.26. The Balaban J connectivity index is 1.80. The van der Waals surface area contributed by atoms with Crippen LogP contribution in [0.25, 0.3) is 0 Å². The van der Waals surface area contributed by atoms with E-state index in [2.05, 4.69) is 35.8 Å². The zero-order valence-corrected chi connectivity index (χ0v) is 13.3. The van der Waals surface area contributed by atoms with E-state index in [0.29, 0.717) is 6.04 Å². The first kappa shape index (κ1) is 14.9. The molecule has 0 amide bonds. The number of para-hydroxylation sites is 2. The number of allylic oxidation sites excluding steroid dienone is 1. The summed E-state index contributed by atoms with van der Waals surface area (Å²) in [6.07, 6.45) is 7.76. The molecule has 1 aromatic rings. The highest BCUT2D eigenvalue weighted by atomic mass is 15.1. The first-order valence-electron chi connectivity index (χ1n) is 8.39. The number of aliphatic imine (C=N–C) groups is 1. The number of hydrogen-bond donors (Lipinski definition) is 3. The molecule has 1 aliphatic carbocycles. The van der Waals surface area contributed by atoms with Gasteiger partial charge in [-0.25, -0.2) is 0 Å². The minimum atomic E-state index is 0.185. The van der Waals surface area contributed by atoms with Crippen LogP contribution in [0, 0.1) is 0 Å². The lowest BCUT2D eigenvalue weighted by molar-refractivity contribution is 0.421. The van der Waals surface area contributed by atoms with Gasteiger partial charge < -0.3 is 16.4 Å². The average molecular weight is 298 g/mol. The number of anilines is 2. The van der Waals surface area contributed by atoms with Crippen molar-refractivity contribution in [3.63, 3.8) is 0 Å². The lowest BCUT2D eigenvalue weighted by Crippen LogP contribution is -2.36. The molecule has 1 fully saturated rings. The van der Waals surface area contributed by atoms with E-state index >= 15 is 0 Å². The van der Waals surface area contributed by atoms with Crippen molar-refractivity contribution in [3.8, 4) is 0 Å². The Labute approximate surface area is 132 Å². The molecule has 0 bridgehead atoms. The fourth-order valence-electron chi connectivity index (χ4n) is 2.93. The van der Waals surface area contributed by atoms with Crippen LogP contribution >= 0.6 is 0 Å². The van der Waals surface area contributed by atoms with E-state index in [9.17, 15) is 0 Å². The van der Waals surface area contributed by atoms with Gasteiger partial charge in [-0.15, -0.1) is 0 Å². The molecule has 1 unspecified atom stereocenters.